The Balaban J connectivity index is 1.68. The summed E-state index contributed by atoms with van der Waals surface area (Å²) in [5.74, 6) is -1.80. The molecule has 0 spiro atoms. The van der Waals surface area contributed by atoms with Crippen LogP contribution < -0.4 is 16.0 Å². The Morgan fingerprint density at radius 2 is 1.78 bits per heavy atom. The van der Waals surface area contributed by atoms with E-state index in [0.29, 0.717) is 5.69 Å². The van der Waals surface area contributed by atoms with Crippen molar-refractivity contribution in [2.24, 2.45) is 5.92 Å². The maximum Gasteiger partial charge on any atom is 0.243 e. The lowest BCUT2D eigenvalue weighted by atomic mass is 10.0. The first-order valence-electron chi connectivity index (χ1n) is 11.8. The Bertz CT molecular complexity index is 1230. The van der Waals surface area contributed by atoms with Crippen LogP contribution in [0.5, 0.6) is 0 Å². The molecular weight excluding hydrogens is 486 g/mol. The Morgan fingerprint density at radius 1 is 1.06 bits per heavy atom. The molecule has 1 aromatic heterocycles. The number of fused-ring (bicyclic) bond motifs is 5. The second-order valence-corrected chi connectivity index (χ2v) is 11.6. The molecule has 0 saturated carbocycles. The molecule has 0 radical (unpaired) electrons. The van der Waals surface area contributed by atoms with Crippen LogP contribution in [0.15, 0.2) is 36.5 Å². The number of sulfonamides is 1. The Hall–Kier alpha value is -3.32. The van der Waals surface area contributed by atoms with Crippen LogP contribution in [-0.2, 0) is 37.4 Å². The molecule has 1 fully saturated rings. The number of hydrogen-bond acceptors (Lipinski definition) is 7. The van der Waals surface area contributed by atoms with Crippen molar-refractivity contribution in [3.05, 3.63) is 47.8 Å². The van der Waals surface area contributed by atoms with Crippen LogP contribution in [0.4, 0.5) is 0 Å². The highest BCUT2D eigenvalue weighted by Gasteiger charge is 2.44. The number of aromatic nitrogens is 3. The van der Waals surface area contributed by atoms with Crippen molar-refractivity contribution in [1.29, 1.82) is 0 Å². The first kappa shape index (κ1) is 25.8. The van der Waals surface area contributed by atoms with E-state index in [1.54, 1.807) is 20.0 Å². The Kier molecular flexibility index (Phi) is 7.41. The summed E-state index contributed by atoms with van der Waals surface area (Å²) in [7, 11) is -3.71. The summed E-state index contributed by atoms with van der Waals surface area (Å²) in [6.07, 6.45) is 3.11. The zero-order valence-electron chi connectivity index (χ0n) is 20.4. The van der Waals surface area contributed by atoms with Crippen LogP contribution >= 0.6 is 0 Å². The quantitative estimate of drug-likeness (QED) is 0.487. The summed E-state index contributed by atoms with van der Waals surface area (Å²) in [5, 5.41) is 16.5. The number of carbonyl (C=O) groups excluding carboxylic acids is 3. The lowest BCUT2D eigenvalue weighted by Gasteiger charge is -2.28. The van der Waals surface area contributed by atoms with Gasteiger partial charge < -0.3 is 16.0 Å². The van der Waals surface area contributed by atoms with Crippen LogP contribution in [-0.4, -0.2) is 76.4 Å². The van der Waals surface area contributed by atoms with Crippen molar-refractivity contribution < 1.29 is 22.8 Å². The molecule has 3 amide bonds. The molecule has 13 heteroatoms. The van der Waals surface area contributed by atoms with E-state index in [4.69, 9.17) is 0 Å². The molecule has 36 heavy (non-hydrogen) atoms. The minimum atomic E-state index is -3.71. The van der Waals surface area contributed by atoms with E-state index in [1.807, 2.05) is 30.3 Å². The fourth-order valence-electron chi connectivity index (χ4n) is 4.56. The highest BCUT2D eigenvalue weighted by atomic mass is 32.2. The molecule has 1 aromatic carbocycles. The van der Waals surface area contributed by atoms with Gasteiger partial charge in [-0.1, -0.05) is 49.4 Å². The third-order valence-electron chi connectivity index (χ3n) is 6.50. The topological polar surface area (TPSA) is 155 Å². The third-order valence-corrected chi connectivity index (χ3v) is 7.76. The first-order valence-corrected chi connectivity index (χ1v) is 13.7. The summed E-state index contributed by atoms with van der Waals surface area (Å²) in [6, 6.07) is 5.98. The largest absolute Gasteiger partial charge is 0.349 e. The van der Waals surface area contributed by atoms with E-state index in [-0.39, 0.29) is 31.8 Å². The molecular formula is C23H31N7O5S. The molecule has 1 saturated heterocycles. The number of nitrogens with one attached hydrogen (secondary N) is 3. The minimum Gasteiger partial charge on any atom is -0.349 e. The van der Waals surface area contributed by atoms with Gasteiger partial charge in [0.1, 0.15) is 23.8 Å². The van der Waals surface area contributed by atoms with Crippen LogP contribution in [0, 0.1) is 5.92 Å². The van der Waals surface area contributed by atoms with Crippen molar-refractivity contribution in [2.45, 2.75) is 57.4 Å². The molecule has 12 nitrogen and oxygen atoms in total. The lowest BCUT2D eigenvalue weighted by Crippen LogP contribution is -2.58. The maximum absolute atomic E-state index is 13.3. The van der Waals surface area contributed by atoms with Gasteiger partial charge in [-0.2, -0.15) is 4.31 Å². The van der Waals surface area contributed by atoms with E-state index in [0.717, 1.165) is 16.1 Å². The minimum absolute atomic E-state index is 0.0454. The van der Waals surface area contributed by atoms with Crippen LogP contribution in [0.2, 0.25) is 0 Å². The van der Waals surface area contributed by atoms with Crippen molar-refractivity contribution in [3.8, 4) is 0 Å². The number of carbonyl (C=O) groups is 3. The zero-order chi connectivity index (χ0) is 26.0. The standard InChI is InChI=1S/C23H31N7O5S/c1-14(2)20-23(33)25-18(9-15-7-5-4-6-8-15)21(31)24-11-16-12-29(28-27-16)17-10-19(22(32)26-20)30(13-17)36(3,34)35/h4-8,12,14,17-20H,9-11,13H2,1-3H3,(H,24,31)(H,25,33)(H,26,32)/t17-,18+,19-,20-/m0/s1. The van der Waals surface area contributed by atoms with Gasteiger partial charge in [0, 0.05) is 13.0 Å². The number of amides is 3. The number of rotatable bonds is 4. The average Bonchev–Trinajstić information content (AvgIpc) is 3.47. The SMILES string of the molecule is CC(C)[C@@H]1NC(=O)[C@@H]2C[C@@H](CN2S(C)(=O)=O)n2cc(nn2)CNC(=O)[C@@H](Cc2ccccc2)NC1=O. The van der Waals surface area contributed by atoms with E-state index < -0.39 is 51.9 Å². The summed E-state index contributed by atoms with van der Waals surface area (Å²) < 4.78 is 27.6. The van der Waals surface area contributed by atoms with Crippen molar-refractivity contribution in [1.82, 2.24) is 35.2 Å². The van der Waals surface area contributed by atoms with E-state index in [1.165, 1.54) is 4.68 Å². The van der Waals surface area contributed by atoms with Crippen LogP contribution in [0.25, 0.3) is 0 Å². The van der Waals surface area contributed by atoms with Crippen LogP contribution in [0.3, 0.4) is 0 Å². The molecule has 0 aliphatic carbocycles. The maximum atomic E-state index is 13.3. The summed E-state index contributed by atoms with van der Waals surface area (Å²) >= 11 is 0. The molecule has 2 aromatic rings. The van der Waals surface area contributed by atoms with Gasteiger partial charge in [0.15, 0.2) is 0 Å². The number of nitrogens with zero attached hydrogens (tertiary/aromatic N) is 4. The molecule has 0 unspecified atom stereocenters. The Morgan fingerprint density at radius 3 is 2.44 bits per heavy atom. The van der Waals surface area contributed by atoms with Gasteiger partial charge in [-0.25, -0.2) is 13.1 Å². The van der Waals surface area contributed by atoms with E-state index >= 15 is 0 Å². The average molecular weight is 518 g/mol. The molecule has 4 bridgehead atoms. The highest BCUT2D eigenvalue weighted by Crippen LogP contribution is 2.29. The first-order chi connectivity index (χ1) is 17.0. The van der Waals surface area contributed by atoms with Crippen molar-refractivity contribution in [2.75, 3.05) is 12.8 Å². The van der Waals surface area contributed by atoms with Gasteiger partial charge in [0.05, 0.1) is 25.0 Å². The second kappa shape index (κ2) is 10.3. The molecule has 2 aliphatic rings. The Labute approximate surface area is 209 Å². The number of hydrogen-bond donors (Lipinski definition) is 3. The van der Waals surface area contributed by atoms with Crippen molar-refractivity contribution in [3.63, 3.8) is 0 Å². The third kappa shape index (κ3) is 5.73. The fraction of sp³-hybridized carbons (Fsp3) is 0.522. The van der Waals surface area contributed by atoms with Gasteiger partial charge in [-0.15, -0.1) is 5.10 Å². The fourth-order valence-corrected chi connectivity index (χ4v) is 5.65. The normalized spacial score (nSPS) is 26.1. The van der Waals surface area contributed by atoms with Crippen LogP contribution in [0.1, 0.15) is 37.6 Å². The second-order valence-electron chi connectivity index (χ2n) is 9.63. The van der Waals surface area contributed by atoms with E-state index in [2.05, 4.69) is 26.3 Å². The van der Waals surface area contributed by atoms with Gasteiger partial charge in [0.2, 0.25) is 27.7 Å². The summed E-state index contributed by atoms with van der Waals surface area (Å²) in [4.78, 5) is 39.7. The van der Waals surface area contributed by atoms with Gasteiger partial charge in [0.25, 0.3) is 0 Å². The van der Waals surface area contributed by atoms with Gasteiger partial charge in [-0.05, 0) is 17.9 Å². The molecule has 3 heterocycles. The van der Waals surface area contributed by atoms with Crippen molar-refractivity contribution >= 4 is 27.7 Å². The van der Waals surface area contributed by atoms with Gasteiger partial charge in [-0.3, -0.25) is 14.4 Å². The predicted octanol–water partition coefficient (Wildman–Crippen LogP) is -0.649. The monoisotopic (exact) mass is 517 g/mol. The smallest absolute Gasteiger partial charge is 0.243 e. The molecule has 4 atom stereocenters. The molecule has 194 valence electrons. The number of benzene rings is 1. The van der Waals surface area contributed by atoms with E-state index in [9.17, 15) is 22.8 Å². The summed E-state index contributed by atoms with van der Waals surface area (Å²) in [5.41, 5.74) is 1.33. The van der Waals surface area contributed by atoms with Gasteiger partial charge >= 0.3 is 0 Å². The predicted molar refractivity (Wildman–Crippen MR) is 130 cm³/mol. The highest BCUT2D eigenvalue weighted by molar-refractivity contribution is 7.88. The molecule has 2 aliphatic heterocycles. The molecule has 3 N–H and O–H groups in total. The zero-order valence-corrected chi connectivity index (χ0v) is 21.2. The molecule has 4 rings (SSSR count). The summed E-state index contributed by atoms with van der Waals surface area (Å²) in [6.45, 7) is 3.67. The lowest BCUT2D eigenvalue weighted by molar-refractivity contribution is -0.133.